The molecule has 1 saturated heterocycles. The molecule has 1 atom stereocenters. The number of aryl methyl sites for hydroxylation is 1. The van der Waals surface area contributed by atoms with Crippen molar-refractivity contribution in [2.24, 2.45) is 0 Å². The quantitative estimate of drug-likeness (QED) is 0.1000. The summed E-state index contributed by atoms with van der Waals surface area (Å²) < 4.78 is 16.6. The number of amides is 1. The molecule has 9 nitrogen and oxygen atoms in total. The topological polar surface area (TPSA) is 115 Å². The summed E-state index contributed by atoms with van der Waals surface area (Å²) in [4.78, 5) is 45.1. The molecule has 2 heterocycles. The highest BCUT2D eigenvalue weighted by Crippen LogP contribution is 2.45. The highest BCUT2D eigenvalue weighted by molar-refractivity contribution is 7.17. The summed E-state index contributed by atoms with van der Waals surface area (Å²) >= 11 is 6.95. The number of ketones is 1. The summed E-state index contributed by atoms with van der Waals surface area (Å²) in [6.45, 7) is 6.36. The fourth-order valence-corrected chi connectivity index (χ4v) is 5.42. The van der Waals surface area contributed by atoms with E-state index in [-0.39, 0.29) is 21.3 Å². The number of methoxy groups -OCH3 is 1. The summed E-state index contributed by atoms with van der Waals surface area (Å²) in [6, 6.07) is 10.3. The summed E-state index contributed by atoms with van der Waals surface area (Å²) in [5.41, 5.74) is 0.998. The van der Waals surface area contributed by atoms with Crippen LogP contribution >= 0.6 is 22.9 Å². The minimum Gasteiger partial charge on any atom is -0.507 e. The number of carbonyl (C=O) groups is 3. The molecule has 1 aliphatic rings. The van der Waals surface area contributed by atoms with Crippen molar-refractivity contribution in [3.63, 3.8) is 0 Å². The van der Waals surface area contributed by atoms with Gasteiger partial charge in [-0.05, 0) is 62.2 Å². The average Bonchev–Trinajstić information content (AvgIpc) is 3.45. The van der Waals surface area contributed by atoms with Crippen LogP contribution in [0.2, 0.25) is 5.02 Å². The van der Waals surface area contributed by atoms with Crippen LogP contribution in [0, 0.1) is 6.92 Å². The second-order valence-electron chi connectivity index (χ2n) is 8.92. The molecule has 1 N–H and O–H groups in total. The molecule has 210 valence electrons. The maximum absolute atomic E-state index is 13.5. The van der Waals surface area contributed by atoms with Gasteiger partial charge in [-0.1, -0.05) is 42.3 Å². The van der Waals surface area contributed by atoms with Crippen LogP contribution in [0.4, 0.5) is 5.13 Å². The number of benzene rings is 2. The molecule has 11 heteroatoms. The molecule has 4 rings (SSSR count). The number of ether oxygens (including phenoxy) is 3. The maximum Gasteiger partial charge on any atom is 0.350 e. The van der Waals surface area contributed by atoms with Crippen molar-refractivity contribution in [1.29, 1.82) is 0 Å². The Kier molecular flexibility index (Phi) is 9.11. The highest BCUT2D eigenvalue weighted by Gasteiger charge is 2.48. The fourth-order valence-electron chi connectivity index (χ4n) is 4.28. The number of carbonyl (C=O) groups excluding carboxylic acids is 3. The Morgan fingerprint density at radius 3 is 2.48 bits per heavy atom. The van der Waals surface area contributed by atoms with Crippen molar-refractivity contribution in [1.82, 2.24) is 4.98 Å². The second-order valence-corrected chi connectivity index (χ2v) is 10.3. The van der Waals surface area contributed by atoms with E-state index in [1.807, 2.05) is 6.92 Å². The smallest absolute Gasteiger partial charge is 0.350 e. The molecular formula is C29H29ClN2O7S. The summed E-state index contributed by atoms with van der Waals surface area (Å²) in [7, 11) is 1.25. The maximum atomic E-state index is 13.5. The Hall–Kier alpha value is -3.89. The van der Waals surface area contributed by atoms with Gasteiger partial charge in [-0.3, -0.25) is 14.5 Å². The third-order valence-corrected chi connectivity index (χ3v) is 7.65. The molecule has 1 aliphatic heterocycles. The number of aliphatic hydroxyl groups excluding tert-OH is 1. The first-order valence-corrected chi connectivity index (χ1v) is 13.9. The standard InChI is InChI=1S/C29H29ClN2O7S/c1-5-7-14-39-20-13-10-18(15-21(20)38-6-2)23-22(24(33)17-8-11-19(30)12-9-17)25(34)27(35)32(23)29-31-16(3)26(40-29)28(36)37-4/h8-13,15,23,33H,5-7,14H2,1-4H3/b24-22+. The number of aromatic nitrogens is 1. The number of hydrogen-bond acceptors (Lipinski definition) is 9. The predicted molar refractivity (Wildman–Crippen MR) is 152 cm³/mol. The summed E-state index contributed by atoms with van der Waals surface area (Å²) in [5, 5.41) is 11.9. The average molecular weight is 585 g/mol. The largest absolute Gasteiger partial charge is 0.507 e. The van der Waals surface area contributed by atoms with E-state index in [0.29, 0.717) is 46.6 Å². The number of nitrogens with zero attached hydrogens (tertiary/aromatic N) is 2. The zero-order valence-corrected chi connectivity index (χ0v) is 24.1. The zero-order chi connectivity index (χ0) is 29.0. The monoisotopic (exact) mass is 584 g/mol. The lowest BCUT2D eigenvalue weighted by atomic mass is 9.95. The van der Waals surface area contributed by atoms with Crippen molar-refractivity contribution in [2.75, 3.05) is 25.2 Å². The van der Waals surface area contributed by atoms with Crippen LogP contribution in [0.25, 0.3) is 5.76 Å². The molecule has 1 amide bonds. The number of unbranched alkanes of at least 4 members (excludes halogenated alkanes) is 1. The Labute approximate surface area is 241 Å². The van der Waals surface area contributed by atoms with E-state index >= 15 is 0 Å². The Morgan fingerprint density at radius 1 is 1.10 bits per heavy atom. The lowest BCUT2D eigenvalue weighted by Crippen LogP contribution is -2.29. The molecule has 0 saturated carbocycles. The van der Waals surface area contributed by atoms with Gasteiger partial charge in [0, 0.05) is 10.6 Å². The Morgan fingerprint density at radius 2 is 1.82 bits per heavy atom. The SMILES string of the molecule is CCCCOc1ccc(C2/C(=C(\O)c3ccc(Cl)cc3)C(=O)C(=O)N2c2nc(C)c(C(=O)OC)s2)cc1OCC. The fraction of sp³-hybridized carbons (Fsp3) is 0.310. The van der Waals surface area contributed by atoms with Gasteiger partial charge in [-0.25, -0.2) is 9.78 Å². The van der Waals surface area contributed by atoms with Gasteiger partial charge < -0.3 is 19.3 Å². The number of hydrogen-bond donors (Lipinski definition) is 1. The van der Waals surface area contributed by atoms with Crippen LogP contribution in [-0.4, -0.2) is 48.1 Å². The van der Waals surface area contributed by atoms with Gasteiger partial charge >= 0.3 is 11.9 Å². The summed E-state index contributed by atoms with van der Waals surface area (Å²) in [5.74, 6) is -1.82. The molecule has 2 aromatic carbocycles. The molecule has 0 bridgehead atoms. The first-order chi connectivity index (χ1) is 19.2. The number of Topliss-reactive ketones (excluding diaryl/α,β-unsaturated/α-hetero) is 1. The number of esters is 1. The second kappa shape index (κ2) is 12.5. The number of thiazole rings is 1. The molecule has 1 aromatic heterocycles. The Balaban J connectivity index is 1.91. The minimum atomic E-state index is -1.07. The zero-order valence-electron chi connectivity index (χ0n) is 22.5. The van der Waals surface area contributed by atoms with Crippen molar-refractivity contribution in [3.8, 4) is 11.5 Å². The van der Waals surface area contributed by atoms with Crippen molar-refractivity contribution in [2.45, 2.75) is 39.7 Å². The lowest BCUT2D eigenvalue weighted by Gasteiger charge is -2.24. The van der Waals surface area contributed by atoms with E-state index in [2.05, 4.69) is 11.9 Å². The van der Waals surface area contributed by atoms with E-state index in [4.69, 9.17) is 25.8 Å². The van der Waals surface area contributed by atoms with Gasteiger partial charge in [0.25, 0.3) is 5.78 Å². The predicted octanol–water partition coefficient (Wildman–Crippen LogP) is 6.10. The van der Waals surface area contributed by atoms with Crippen molar-refractivity contribution >= 4 is 51.5 Å². The van der Waals surface area contributed by atoms with Crippen LogP contribution < -0.4 is 14.4 Å². The van der Waals surface area contributed by atoms with E-state index in [1.54, 1.807) is 49.4 Å². The van der Waals surface area contributed by atoms with Gasteiger partial charge in [0.05, 0.1) is 37.6 Å². The van der Waals surface area contributed by atoms with Crippen LogP contribution in [0.1, 0.15) is 59.2 Å². The van der Waals surface area contributed by atoms with Gasteiger partial charge in [0.2, 0.25) is 0 Å². The van der Waals surface area contributed by atoms with E-state index < -0.39 is 23.7 Å². The number of anilines is 1. The number of rotatable bonds is 10. The van der Waals surface area contributed by atoms with Gasteiger partial charge in [-0.2, -0.15) is 0 Å². The number of aliphatic hydroxyl groups is 1. The molecular weight excluding hydrogens is 556 g/mol. The van der Waals surface area contributed by atoms with Crippen molar-refractivity contribution < 1.29 is 33.7 Å². The van der Waals surface area contributed by atoms with Gasteiger partial charge in [0.15, 0.2) is 16.6 Å². The molecule has 0 radical (unpaired) electrons. The molecule has 0 spiro atoms. The molecule has 0 aliphatic carbocycles. The first kappa shape index (κ1) is 29.1. The van der Waals surface area contributed by atoms with E-state index in [0.717, 1.165) is 24.2 Å². The third kappa shape index (κ3) is 5.68. The van der Waals surface area contributed by atoms with Gasteiger partial charge in [0.1, 0.15) is 10.6 Å². The lowest BCUT2D eigenvalue weighted by molar-refractivity contribution is -0.132. The van der Waals surface area contributed by atoms with Crippen LogP contribution in [0.3, 0.4) is 0 Å². The summed E-state index contributed by atoms with van der Waals surface area (Å²) in [6.07, 6.45) is 1.82. The van der Waals surface area contributed by atoms with Crippen molar-refractivity contribution in [3.05, 3.63) is 74.8 Å². The molecule has 40 heavy (non-hydrogen) atoms. The minimum absolute atomic E-state index is 0.112. The first-order valence-electron chi connectivity index (χ1n) is 12.7. The third-order valence-electron chi connectivity index (χ3n) is 6.26. The van der Waals surface area contributed by atoms with Crippen LogP contribution in [0.5, 0.6) is 11.5 Å². The number of halogens is 1. The molecule has 1 fully saturated rings. The molecule has 3 aromatic rings. The normalized spacial score (nSPS) is 16.3. The van der Waals surface area contributed by atoms with Crippen LogP contribution in [-0.2, 0) is 14.3 Å². The Bertz CT molecular complexity index is 1470. The van der Waals surface area contributed by atoms with E-state index in [9.17, 15) is 19.5 Å². The van der Waals surface area contributed by atoms with Gasteiger partial charge in [-0.15, -0.1) is 0 Å². The van der Waals surface area contributed by atoms with E-state index in [1.165, 1.54) is 12.0 Å². The highest BCUT2D eigenvalue weighted by atomic mass is 35.5. The molecule has 1 unspecified atom stereocenters. The van der Waals surface area contributed by atoms with Crippen LogP contribution in [0.15, 0.2) is 48.0 Å².